The Hall–Kier alpha value is -2.21. The summed E-state index contributed by atoms with van der Waals surface area (Å²) in [6.07, 6.45) is 8.01. The molecule has 0 radical (unpaired) electrons. The largest absolute Gasteiger partial charge is 0.351 e. The van der Waals surface area contributed by atoms with Crippen LogP contribution in [0.4, 0.5) is 0 Å². The van der Waals surface area contributed by atoms with Crippen LogP contribution in [-0.2, 0) is 24.9 Å². The Morgan fingerprint density at radius 3 is 3.00 bits per heavy atom. The monoisotopic (exact) mass is 313 g/mol. The minimum atomic E-state index is -0.0329. The minimum absolute atomic E-state index is 0.0329. The molecule has 1 amide bonds. The highest BCUT2D eigenvalue weighted by Crippen LogP contribution is 2.32. The predicted molar refractivity (Wildman–Crippen MR) is 87.4 cm³/mol. The molecule has 6 heteroatoms. The Kier molecular flexibility index (Phi) is 4.71. The molecular formula is C17H23N5O. The predicted octanol–water partition coefficient (Wildman–Crippen LogP) is 1.79. The van der Waals surface area contributed by atoms with E-state index >= 15 is 0 Å². The number of aromatic nitrogens is 3. The lowest BCUT2D eigenvalue weighted by Crippen LogP contribution is -2.25. The van der Waals surface area contributed by atoms with Gasteiger partial charge < -0.3 is 9.88 Å². The van der Waals surface area contributed by atoms with Gasteiger partial charge in [-0.2, -0.15) is 0 Å². The van der Waals surface area contributed by atoms with Crippen molar-refractivity contribution in [3.8, 4) is 0 Å². The molecular weight excluding hydrogens is 290 g/mol. The molecule has 2 aromatic heterocycles. The van der Waals surface area contributed by atoms with E-state index in [0.29, 0.717) is 12.6 Å². The third-order valence-corrected chi connectivity index (χ3v) is 4.37. The molecule has 0 aromatic carbocycles. The fraction of sp³-hybridized carbons (Fsp3) is 0.471. The first kappa shape index (κ1) is 15.7. The quantitative estimate of drug-likeness (QED) is 0.914. The molecule has 0 saturated carbocycles. The number of hydrogen-bond acceptors (Lipinski definition) is 4. The van der Waals surface area contributed by atoms with Crippen molar-refractivity contribution in [2.45, 2.75) is 38.9 Å². The molecule has 1 atom stereocenters. The number of carbonyl (C=O) groups is 1. The van der Waals surface area contributed by atoms with Gasteiger partial charge in [-0.05, 0) is 37.1 Å². The summed E-state index contributed by atoms with van der Waals surface area (Å²) in [4.78, 5) is 22.3. The summed E-state index contributed by atoms with van der Waals surface area (Å²) in [5.41, 5.74) is 2.17. The van der Waals surface area contributed by atoms with Crippen LogP contribution in [-0.4, -0.2) is 31.9 Å². The Morgan fingerprint density at radius 1 is 1.39 bits per heavy atom. The van der Waals surface area contributed by atoms with Crippen molar-refractivity contribution >= 4 is 5.91 Å². The third-order valence-electron chi connectivity index (χ3n) is 4.37. The maximum Gasteiger partial charge on any atom is 0.217 e. The molecule has 122 valence electrons. The molecule has 6 nitrogen and oxygen atoms in total. The third kappa shape index (κ3) is 3.76. The zero-order valence-corrected chi connectivity index (χ0v) is 13.7. The van der Waals surface area contributed by atoms with Gasteiger partial charge in [-0.3, -0.25) is 14.7 Å². The van der Waals surface area contributed by atoms with Gasteiger partial charge in [0, 0.05) is 38.6 Å². The van der Waals surface area contributed by atoms with E-state index in [9.17, 15) is 4.79 Å². The molecule has 1 aliphatic rings. The van der Waals surface area contributed by atoms with Crippen LogP contribution in [0.1, 0.15) is 42.9 Å². The standard InChI is InChI=1S/C17H23N5O/c1-13(23)20-11-15-10-14(5-6-18-15)16-4-3-8-22(16)12-17-19-7-9-21(17)2/h5-7,9-10,16H,3-4,8,11-12H2,1-2H3,(H,20,23)/t16-/m0/s1. The molecule has 1 fully saturated rings. The molecule has 0 spiro atoms. The molecule has 23 heavy (non-hydrogen) atoms. The molecule has 0 bridgehead atoms. The summed E-state index contributed by atoms with van der Waals surface area (Å²) >= 11 is 0. The SMILES string of the molecule is CC(=O)NCc1cc([C@@H]2CCCN2Cc2nccn2C)ccn1. The van der Waals surface area contributed by atoms with Crippen LogP contribution in [0.25, 0.3) is 0 Å². The Labute approximate surface area is 136 Å². The minimum Gasteiger partial charge on any atom is -0.351 e. The molecule has 0 aliphatic carbocycles. The molecule has 1 N–H and O–H groups in total. The molecule has 3 heterocycles. The summed E-state index contributed by atoms with van der Waals surface area (Å²) in [5.74, 6) is 1.05. The van der Waals surface area contributed by atoms with Gasteiger partial charge in [0.25, 0.3) is 0 Å². The van der Waals surface area contributed by atoms with Gasteiger partial charge in [0.05, 0.1) is 18.8 Å². The van der Waals surface area contributed by atoms with Gasteiger partial charge in [-0.1, -0.05) is 0 Å². The van der Waals surface area contributed by atoms with Crippen molar-refractivity contribution in [1.82, 2.24) is 24.8 Å². The summed E-state index contributed by atoms with van der Waals surface area (Å²) < 4.78 is 2.07. The summed E-state index contributed by atoms with van der Waals surface area (Å²) in [7, 11) is 2.03. The average molecular weight is 313 g/mol. The maximum absolute atomic E-state index is 11.1. The number of nitrogens with zero attached hydrogens (tertiary/aromatic N) is 4. The van der Waals surface area contributed by atoms with Crippen LogP contribution < -0.4 is 5.32 Å². The molecule has 0 unspecified atom stereocenters. The highest BCUT2D eigenvalue weighted by atomic mass is 16.1. The number of aryl methyl sites for hydroxylation is 1. The van der Waals surface area contributed by atoms with Gasteiger partial charge in [-0.15, -0.1) is 0 Å². The second kappa shape index (κ2) is 6.91. The Bertz CT molecular complexity index is 681. The summed E-state index contributed by atoms with van der Waals surface area (Å²) in [5, 5.41) is 2.81. The van der Waals surface area contributed by atoms with Crippen LogP contribution in [0.3, 0.4) is 0 Å². The van der Waals surface area contributed by atoms with Crippen LogP contribution in [0.2, 0.25) is 0 Å². The van der Waals surface area contributed by atoms with E-state index in [1.807, 2.05) is 25.6 Å². The molecule has 1 aliphatic heterocycles. The average Bonchev–Trinajstić information content (AvgIpc) is 3.16. The van der Waals surface area contributed by atoms with Crippen LogP contribution >= 0.6 is 0 Å². The first-order valence-corrected chi connectivity index (χ1v) is 8.03. The normalized spacial score (nSPS) is 18.3. The fourth-order valence-electron chi connectivity index (χ4n) is 3.14. The van der Waals surface area contributed by atoms with E-state index in [0.717, 1.165) is 31.0 Å². The molecule has 3 rings (SSSR count). The van der Waals surface area contributed by atoms with E-state index in [4.69, 9.17) is 0 Å². The van der Waals surface area contributed by atoms with E-state index in [1.165, 1.54) is 18.9 Å². The number of imidazole rings is 1. The first-order valence-electron chi connectivity index (χ1n) is 8.03. The maximum atomic E-state index is 11.1. The highest BCUT2D eigenvalue weighted by molar-refractivity contribution is 5.72. The van der Waals surface area contributed by atoms with Crippen LogP contribution in [0.5, 0.6) is 0 Å². The number of carbonyl (C=O) groups excluding carboxylic acids is 1. The first-order chi connectivity index (χ1) is 11.1. The van der Waals surface area contributed by atoms with Gasteiger partial charge in [0.2, 0.25) is 5.91 Å². The summed E-state index contributed by atoms with van der Waals surface area (Å²) in [6.45, 7) is 3.95. The van der Waals surface area contributed by atoms with Crippen molar-refractivity contribution in [2.75, 3.05) is 6.54 Å². The van der Waals surface area contributed by atoms with Crippen LogP contribution in [0.15, 0.2) is 30.7 Å². The van der Waals surface area contributed by atoms with Crippen molar-refractivity contribution < 1.29 is 4.79 Å². The van der Waals surface area contributed by atoms with Crippen molar-refractivity contribution in [1.29, 1.82) is 0 Å². The number of amides is 1. The second-order valence-electron chi connectivity index (χ2n) is 6.07. The lowest BCUT2D eigenvalue weighted by Gasteiger charge is -2.24. The Morgan fingerprint density at radius 2 is 2.26 bits per heavy atom. The second-order valence-corrected chi connectivity index (χ2v) is 6.07. The highest BCUT2D eigenvalue weighted by Gasteiger charge is 2.27. The number of nitrogens with one attached hydrogen (secondary N) is 1. The van der Waals surface area contributed by atoms with Gasteiger partial charge in [-0.25, -0.2) is 4.98 Å². The molecule has 1 saturated heterocycles. The lowest BCUT2D eigenvalue weighted by molar-refractivity contribution is -0.119. The van der Waals surface area contributed by atoms with E-state index in [1.54, 1.807) is 0 Å². The fourth-order valence-corrected chi connectivity index (χ4v) is 3.14. The van der Waals surface area contributed by atoms with E-state index in [-0.39, 0.29) is 5.91 Å². The van der Waals surface area contributed by atoms with Gasteiger partial charge in [0.15, 0.2) is 0 Å². The number of likely N-dealkylation sites (tertiary alicyclic amines) is 1. The van der Waals surface area contributed by atoms with Crippen molar-refractivity contribution in [2.24, 2.45) is 7.05 Å². The van der Waals surface area contributed by atoms with Crippen LogP contribution in [0, 0.1) is 0 Å². The lowest BCUT2D eigenvalue weighted by atomic mass is 10.0. The number of pyridine rings is 1. The van der Waals surface area contributed by atoms with Gasteiger partial charge in [0.1, 0.15) is 5.82 Å². The number of hydrogen-bond donors (Lipinski definition) is 1. The number of rotatable bonds is 5. The smallest absolute Gasteiger partial charge is 0.217 e. The van der Waals surface area contributed by atoms with Crippen molar-refractivity contribution in [3.63, 3.8) is 0 Å². The Balaban J connectivity index is 1.73. The topological polar surface area (TPSA) is 63.1 Å². The zero-order chi connectivity index (χ0) is 16.2. The van der Waals surface area contributed by atoms with Gasteiger partial charge >= 0.3 is 0 Å². The van der Waals surface area contributed by atoms with E-state index in [2.05, 4.69) is 36.9 Å². The summed E-state index contributed by atoms with van der Waals surface area (Å²) in [6, 6.07) is 4.58. The molecule has 2 aromatic rings. The zero-order valence-electron chi connectivity index (χ0n) is 13.7. The van der Waals surface area contributed by atoms with E-state index < -0.39 is 0 Å². The van der Waals surface area contributed by atoms with Crippen molar-refractivity contribution in [3.05, 3.63) is 47.8 Å².